The van der Waals surface area contributed by atoms with E-state index in [-0.39, 0.29) is 10.8 Å². The summed E-state index contributed by atoms with van der Waals surface area (Å²) in [6.07, 6.45) is 7.80. The van der Waals surface area contributed by atoms with Crippen molar-refractivity contribution in [2.75, 3.05) is 11.3 Å². The van der Waals surface area contributed by atoms with E-state index in [9.17, 15) is 13.2 Å². The summed E-state index contributed by atoms with van der Waals surface area (Å²) in [7, 11) is -3.81. The number of allylic oxidation sites excluding steroid dienone is 1. The van der Waals surface area contributed by atoms with Gasteiger partial charge in [0.15, 0.2) is 0 Å². The molecule has 0 fully saturated rings. The number of aryl methyl sites for hydroxylation is 3. The molecule has 5 nitrogen and oxygen atoms in total. The van der Waals surface area contributed by atoms with E-state index in [1.807, 2.05) is 19.9 Å². The molecule has 1 amide bonds. The lowest BCUT2D eigenvalue weighted by molar-refractivity contribution is 0.0954. The second-order valence-corrected chi connectivity index (χ2v) is 9.73. The second kappa shape index (κ2) is 9.47. The molecule has 1 aliphatic carbocycles. The predicted octanol–water partition coefficient (Wildman–Crippen LogP) is 5.03. The van der Waals surface area contributed by atoms with Crippen molar-refractivity contribution in [1.82, 2.24) is 5.32 Å². The van der Waals surface area contributed by atoms with Crippen molar-refractivity contribution in [3.05, 3.63) is 70.3 Å². The SMILES string of the molecule is Cc1cc(C)cc(NS(=O)(=O)c2cc(C(=O)NCCC3=CCCCC3)ccc2C)c1. The number of rotatable bonds is 7. The van der Waals surface area contributed by atoms with Crippen LogP contribution in [0.15, 0.2) is 52.9 Å². The number of carbonyl (C=O) groups is 1. The Hall–Kier alpha value is -2.60. The molecule has 2 N–H and O–H groups in total. The molecule has 6 heteroatoms. The number of hydrogen-bond donors (Lipinski definition) is 2. The summed E-state index contributed by atoms with van der Waals surface area (Å²) in [5, 5.41) is 2.91. The van der Waals surface area contributed by atoms with E-state index in [0.717, 1.165) is 30.4 Å². The first-order chi connectivity index (χ1) is 14.2. The van der Waals surface area contributed by atoms with Gasteiger partial charge in [-0.05, 0) is 93.8 Å². The fourth-order valence-corrected chi connectivity index (χ4v) is 5.16. The standard InChI is InChI=1S/C24H30N2O3S/c1-17-13-18(2)15-22(14-17)26-30(28,29)23-16-21(10-9-19(23)3)24(27)25-12-11-20-7-5-4-6-8-20/h7,9-10,13-16,26H,4-6,8,11-12H2,1-3H3,(H,25,27). The van der Waals surface area contributed by atoms with Crippen LogP contribution in [0, 0.1) is 20.8 Å². The topological polar surface area (TPSA) is 75.3 Å². The zero-order chi connectivity index (χ0) is 21.7. The Balaban J connectivity index is 1.73. The molecule has 2 aromatic carbocycles. The minimum absolute atomic E-state index is 0.115. The van der Waals surface area contributed by atoms with Gasteiger partial charge in [0.05, 0.1) is 4.90 Å². The summed E-state index contributed by atoms with van der Waals surface area (Å²) in [6, 6.07) is 10.4. The van der Waals surface area contributed by atoms with Crippen LogP contribution in [-0.4, -0.2) is 20.9 Å². The van der Waals surface area contributed by atoms with Crippen LogP contribution in [0.2, 0.25) is 0 Å². The van der Waals surface area contributed by atoms with Crippen molar-refractivity contribution in [2.24, 2.45) is 0 Å². The first-order valence-corrected chi connectivity index (χ1v) is 11.9. The van der Waals surface area contributed by atoms with Gasteiger partial charge >= 0.3 is 0 Å². The van der Waals surface area contributed by atoms with Gasteiger partial charge in [0.2, 0.25) is 0 Å². The van der Waals surface area contributed by atoms with Crippen molar-refractivity contribution < 1.29 is 13.2 Å². The fraction of sp³-hybridized carbons (Fsp3) is 0.375. The number of amides is 1. The predicted molar refractivity (Wildman–Crippen MR) is 121 cm³/mol. The molecule has 0 atom stereocenters. The van der Waals surface area contributed by atoms with Crippen LogP contribution in [0.5, 0.6) is 0 Å². The molecule has 3 rings (SSSR count). The maximum atomic E-state index is 13.0. The molecule has 0 unspecified atom stereocenters. The molecule has 0 spiro atoms. The lowest BCUT2D eigenvalue weighted by atomic mass is 9.97. The molecule has 0 bridgehead atoms. The van der Waals surface area contributed by atoms with Crippen LogP contribution in [0.1, 0.15) is 59.2 Å². The fourth-order valence-electron chi connectivity index (χ4n) is 3.84. The minimum Gasteiger partial charge on any atom is -0.352 e. The lowest BCUT2D eigenvalue weighted by Gasteiger charge is -2.14. The largest absolute Gasteiger partial charge is 0.352 e. The average molecular weight is 427 g/mol. The van der Waals surface area contributed by atoms with E-state index < -0.39 is 10.0 Å². The van der Waals surface area contributed by atoms with Crippen LogP contribution in [0.3, 0.4) is 0 Å². The minimum atomic E-state index is -3.81. The molecular formula is C24H30N2O3S. The highest BCUT2D eigenvalue weighted by atomic mass is 32.2. The summed E-state index contributed by atoms with van der Waals surface area (Å²) in [5.74, 6) is -0.255. The van der Waals surface area contributed by atoms with Gasteiger partial charge in [-0.25, -0.2) is 8.42 Å². The number of nitrogens with one attached hydrogen (secondary N) is 2. The van der Waals surface area contributed by atoms with E-state index in [4.69, 9.17) is 0 Å². The van der Waals surface area contributed by atoms with Crippen molar-refractivity contribution in [3.63, 3.8) is 0 Å². The average Bonchev–Trinajstić information content (AvgIpc) is 2.67. The highest BCUT2D eigenvalue weighted by molar-refractivity contribution is 7.92. The van der Waals surface area contributed by atoms with Gasteiger partial charge in [0.1, 0.15) is 0 Å². The highest BCUT2D eigenvalue weighted by Crippen LogP contribution is 2.23. The van der Waals surface area contributed by atoms with Crippen LogP contribution < -0.4 is 10.0 Å². The zero-order valence-corrected chi connectivity index (χ0v) is 18.7. The molecule has 0 aromatic heterocycles. The molecule has 0 saturated heterocycles. The Labute approximate surface area is 179 Å². The monoisotopic (exact) mass is 426 g/mol. The summed E-state index contributed by atoms with van der Waals surface area (Å²) in [4.78, 5) is 12.7. The summed E-state index contributed by atoms with van der Waals surface area (Å²) in [5.41, 5.74) is 4.81. The first-order valence-electron chi connectivity index (χ1n) is 10.4. The highest BCUT2D eigenvalue weighted by Gasteiger charge is 2.19. The number of anilines is 1. The third kappa shape index (κ3) is 5.72. The van der Waals surface area contributed by atoms with Gasteiger partial charge in [-0.1, -0.05) is 23.8 Å². The number of benzene rings is 2. The summed E-state index contributed by atoms with van der Waals surface area (Å²) < 4.78 is 28.6. The molecule has 2 aromatic rings. The lowest BCUT2D eigenvalue weighted by Crippen LogP contribution is -2.25. The Morgan fingerprint density at radius 3 is 2.40 bits per heavy atom. The maximum absolute atomic E-state index is 13.0. The third-order valence-corrected chi connectivity index (χ3v) is 6.85. The van der Waals surface area contributed by atoms with Gasteiger partial charge in [0.25, 0.3) is 15.9 Å². The Kier molecular flexibility index (Phi) is 6.98. The Morgan fingerprint density at radius 1 is 1.00 bits per heavy atom. The molecule has 30 heavy (non-hydrogen) atoms. The van der Waals surface area contributed by atoms with Crippen LogP contribution in [0.25, 0.3) is 0 Å². The Bertz CT molecular complexity index is 1050. The van der Waals surface area contributed by atoms with E-state index in [1.54, 1.807) is 31.2 Å². The first kappa shape index (κ1) is 22.1. The summed E-state index contributed by atoms with van der Waals surface area (Å²) >= 11 is 0. The van der Waals surface area contributed by atoms with Crippen molar-refractivity contribution in [2.45, 2.75) is 57.8 Å². The van der Waals surface area contributed by atoms with Gasteiger partial charge in [-0.2, -0.15) is 0 Å². The quantitative estimate of drug-likeness (QED) is 0.610. The van der Waals surface area contributed by atoms with Crippen molar-refractivity contribution in [1.29, 1.82) is 0 Å². The van der Waals surface area contributed by atoms with E-state index in [0.29, 0.717) is 23.4 Å². The molecule has 0 saturated carbocycles. The normalized spacial score (nSPS) is 14.2. The summed E-state index contributed by atoms with van der Waals surface area (Å²) in [6.45, 7) is 6.13. The van der Waals surface area contributed by atoms with Crippen molar-refractivity contribution >= 4 is 21.6 Å². The molecular weight excluding hydrogens is 396 g/mol. The molecule has 0 heterocycles. The van der Waals surface area contributed by atoms with E-state index in [2.05, 4.69) is 16.1 Å². The maximum Gasteiger partial charge on any atom is 0.262 e. The van der Waals surface area contributed by atoms with Crippen molar-refractivity contribution in [3.8, 4) is 0 Å². The van der Waals surface area contributed by atoms with Crippen LogP contribution >= 0.6 is 0 Å². The Morgan fingerprint density at radius 2 is 1.73 bits per heavy atom. The van der Waals surface area contributed by atoms with Gasteiger partial charge in [0, 0.05) is 17.8 Å². The number of sulfonamides is 1. The molecule has 0 radical (unpaired) electrons. The van der Waals surface area contributed by atoms with E-state index in [1.165, 1.54) is 24.5 Å². The molecule has 1 aliphatic rings. The third-order valence-electron chi connectivity index (χ3n) is 5.33. The van der Waals surface area contributed by atoms with Crippen LogP contribution in [-0.2, 0) is 10.0 Å². The van der Waals surface area contributed by atoms with Crippen LogP contribution in [0.4, 0.5) is 5.69 Å². The smallest absolute Gasteiger partial charge is 0.262 e. The van der Waals surface area contributed by atoms with E-state index >= 15 is 0 Å². The number of hydrogen-bond acceptors (Lipinski definition) is 3. The molecule has 160 valence electrons. The van der Waals surface area contributed by atoms with Gasteiger partial charge < -0.3 is 5.32 Å². The van der Waals surface area contributed by atoms with Gasteiger partial charge in [-0.3, -0.25) is 9.52 Å². The second-order valence-electron chi connectivity index (χ2n) is 8.08. The number of carbonyl (C=O) groups excluding carboxylic acids is 1. The zero-order valence-electron chi connectivity index (χ0n) is 17.9. The van der Waals surface area contributed by atoms with Gasteiger partial charge in [-0.15, -0.1) is 0 Å². The molecule has 0 aliphatic heterocycles.